The second-order valence-corrected chi connectivity index (χ2v) is 9.30. The van der Waals surface area contributed by atoms with E-state index >= 15 is 0 Å². The molecule has 2 fully saturated rings. The molecule has 8 nitrogen and oxygen atoms in total. The summed E-state index contributed by atoms with van der Waals surface area (Å²) >= 11 is 0. The normalized spacial score (nSPS) is 20.3. The van der Waals surface area contributed by atoms with Gasteiger partial charge in [0, 0.05) is 26.2 Å². The van der Waals surface area contributed by atoms with Gasteiger partial charge in [-0.15, -0.1) is 0 Å². The Hall–Kier alpha value is -3.03. The van der Waals surface area contributed by atoms with E-state index in [1.807, 2.05) is 31.3 Å². The zero-order valence-corrected chi connectivity index (χ0v) is 19.4. The van der Waals surface area contributed by atoms with Crippen molar-refractivity contribution in [3.8, 4) is 16.9 Å². The molecule has 1 heterocycles. The molecule has 0 bridgehead atoms. The van der Waals surface area contributed by atoms with E-state index in [4.69, 9.17) is 9.47 Å². The number of carboxylic acids is 1. The lowest BCUT2D eigenvalue weighted by molar-refractivity contribution is -0.143. The molecule has 0 saturated heterocycles. The van der Waals surface area contributed by atoms with Gasteiger partial charge in [0.15, 0.2) is 0 Å². The molecule has 8 heteroatoms. The van der Waals surface area contributed by atoms with Crippen LogP contribution in [0.5, 0.6) is 5.75 Å². The third kappa shape index (κ3) is 6.06. The molecule has 0 unspecified atom stereocenters. The van der Waals surface area contributed by atoms with E-state index in [1.165, 1.54) is 12.8 Å². The van der Waals surface area contributed by atoms with Crippen molar-refractivity contribution in [1.29, 1.82) is 0 Å². The minimum atomic E-state index is -0.738. The third-order valence-electron chi connectivity index (χ3n) is 6.72. The first-order valence-electron chi connectivity index (χ1n) is 11.8. The number of carbonyl (C=O) groups is 2. The van der Waals surface area contributed by atoms with Crippen LogP contribution in [-0.2, 0) is 23.2 Å². The van der Waals surface area contributed by atoms with Gasteiger partial charge in [-0.2, -0.15) is 5.10 Å². The zero-order chi connectivity index (χ0) is 23.4. The van der Waals surface area contributed by atoms with Gasteiger partial charge in [0.2, 0.25) is 0 Å². The molecule has 2 aliphatic carbocycles. The SMILES string of the molecule is CN(CCC1CC1)C(=O)OCc1c(-c2ccc(O[C@H]3CCC[C@H](C(=O)O)C3)cc2)cnn1C. The first-order valence-corrected chi connectivity index (χ1v) is 11.8. The van der Waals surface area contributed by atoms with E-state index in [1.54, 1.807) is 22.8 Å². The molecule has 178 valence electrons. The van der Waals surface area contributed by atoms with Gasteiger partial charge in [-0.1, -0.05) is 25.0 Å². The van der Waals surface area contributed by atoms with Crippen molar-refractivity contribution >= 4 is 12.1 Å². The lowest BCUT2D eigenvalue weighted by atomic mass is 9.87. The van der Waals surface area contributed by atoms with Gasteiger partial charge >= 0.3 is 12.1 Å². The molecule has 2 aliphatic rings. The lowest BCUT2D eigenvalue weighted by Crippen LogP contribution is -2.29. The number of nitrogens with zero attached hydrogens (tertiary/aromatic N) is 3. The standard InChI is InChI=1S/C25H33N3O5/c1-27(13-12-17-6-7-17)25(31)32-16-23-22(15-26-28(23)2)18-8-10-20(11-9-18)33-21-5-3-4-19(14-21)24(29)30/h8-11,15,17,19,21H,3-7,12-14,16H2,1-2H3,(H,29,30)/t19-,21-/m0/s1. The minimum Gasteiger partial charge on any atom is -0.490 e. The van der Waals surface area contributed by atoms with E-state index < -0.39 is 5.97 Å². The average Bonchev–Trinajstić information content (AvgIpc) is 3.57. The fourth-order valence-electron chi connectivity index (χ4n) is 4.37. The van der Waals surface area contributed by atoms with Crippen LogP contribution in [-0.4, -0.2) is 51.5 Å². The second-order valence-electron chi connectivity index (χ2n) is 9.30. The number of amides is 1. The molecule has 2 aromatic rings. The Morgan fingerprint density at radius 2 is 1.94 bits per heavy atom. The van der Waals surface area contributed by atoms with Crippen LogP contribution >= 0.6 is 0 Å². The van der Waals surface area contributed by atoms with Crippen LogP contribution in [0.2, 0.25) is 0 Å². The molecule has 1 amide bonds. The largest absolute Gasteiger partial charge is 0.490 e. The summed E-state index contributed by atoms with van der Waals surface area (Å²) < 4.78 is 13.3. The topological polar surface area (TPSA) is 93.9 Å². The Kier molecular flexibility index (Phi) is 7.20. The molecule has 33 heavy (non-hydrogen) atoms. The van der Waals surface area contributed by atoms with E-state index in [2.05, 4.69) is 5.10 Å². The Labute approximate surface area is 194 Å². The van der Waals surface area contributed by atoms with E-state index in [0.29, 0.717) is 6.42 Å². The summed E-state index contributed by atoms with van der Waals surface area (Å²) in [4.78, 5) is 25.3. The van der Waals surface area contributed by atoms with Crippen LogP contribution in [0.15, 0.2) is 30.5 Å². The van der Waals surface area contributed by atoms with Crippen LogP contribution in [0, 0.1) is 11.8 Å². The minimum absolute atomic E-state index is 0.0732. The maximum Gasteiger partial charge on any atom is 0.409 e. The molecule has 0 radical (unpaired) electrons. The number of aromatic nitrogens is 2. The van der Waals surface area contributed by atoms with Crippen molar-refractivity contribution in [1.82, 2.24) is 14.7 Å². The number of rotatable bonds is 9. The van der Waals surface area contributed by atoms with Gasteiger partial charge in [-0.25, -0.2) is 4.79 Å². The fraction of sp³-hybridized carbons (Fsp3) is 0.560. The highest BCUT2D eigenvalue weighted by Gasteiger charge is 2.28. The molecular weight excluding hydrogens is 422 g/mol. The number of hydrogen-bond acceptors (Lipinski definition) is 5. The van der Waals surface area contributed by atoms with Gasteiger partial charge in [0.25, 0.3) is 0 Å². The predicted octanol–water partition coefficient (Wildman–Crippen LogP) is 4.48. The summed E-state index contributed by atoms with van der Waals surface area (Å²) in [6.07, 6.45) is 7.97. The van der Waals surface area contributed by atoms with Crippen molar-refractivity contribution in [3.63, 3.8) is 0 Å². The first kappa shape index (κ1) is 23.1. The van der Waals surface area contributed by atoms with Crippen LogP contribution in [0.4, 0.5) is 4.79 Å². The average molecular weight is 456 g/mol. The van der Waals surface area contributed by atoms with Crippen molar-refractivity contribution in [2.24, 2.45) is 18.9 Å². The summed E-state index contributed by atoms with van der Waals surface area (Å²) in [6.45, 7) is 0.868. The highest BCUT2D eigenvalue weighted by atomic mass is 16.6. The molecule has 2 saturated carbocycles. The Morgan fingerprint density at radius 3 is 2.64 bits per heavy atom. The molecule has 1 aromatic carbocycles. The monoisotopic (exact) mass is 455 g/mol. The molecular formula is C25H33N3O5. The van der Waals surface area contributed by atoms with Gasteiger partial charge in [-0.3, -0.25) is 9.48 Å². The van der Waals surface area contributed by atoms with E-state index in [9.17, 15) is 14.7 Å². The molecule has 0 aliphatic heterocycles. The van der Waals surface area contributed by atoms with Crippen molar-refractivity contribution in [2.75, 3.05) is 13.6 Å². The number of aryl methyl sites for hydroxylation is 1. The molecule has 2 atom stereocenters. The quantitative estimate of drug-likeness (QED) is 0.599. The van der Waals surface area contributed by atoms with Gasteiger partial charge in [0.05, 0.1) is 23.9 Å². The fourth-order valence-corrected chi connectivity index (χ4v) is 4.37. The van der Waals surface area contributed by atoms with Gasteiger partial charge < -0.3 is 19.5 Å². The van der Waals surface area contributed by atoms with Crippen molar-refractivity contribution < 1.29 is 24.2 Å². The number of ether oxygens (including phenoxy) is 2. The van der Waals surface area contributed by atoms with Crippen molar-refractivity contribution in [2.45, 2.75) is 57.7 Å². The van der Waals surface area contributed by atoms with Crippen LogP contribution in [0.1, 0.15) is 50.6 Å². The predicted molar refractivity (Wildman–Crippen MR) is 123 cm³/mol. The van der Waals surface area contributed by atoms with Gasteiger partial charge in [0.1, 0.15) is 12.4 Å². The Bertz CT molecular complexity index is 967. The number of carboxylic acid groups (broad SMARTS) is 1. The third-order valence-corrected chi connectivity index (χ3v) is 6.72. The summed E-state index contributed by atoms with van der Waals surface area (Å²) in [6, 6.07) is 7.70. The van der Waals surface area contributed by atoms with E-state index in [-0.39, 0.29) is 24.7 Å². The lowest BCUT2D eigenvalue weighted by Gasteiger charge is -2.27. The van der Waals surface area contributed by atoms with Crippen molar-refractivity contribution in [3.05, 3.63) is 36.2 Å². The maximum absolute atomic E-state index is 12.4. The summed E-state index contributed by atoms with van der Waals surface area (Å²) in [7, 11) is 3.61. The molecule has 1 aromatic heterocycles. The number of aliphatic carboxylic acids is 1. The van der Waals surface area contributed by atoms with Crippen LogP contribution < -0.4 is 4.74 Å². The highest BCUT2D eigenvalue weighted by Crippen LogP contribution is 2.32. The molecule has 0 spiro atoms. The maximum atomic E-state index is 12.4. The number of benzene rings is 1. The highest BCUT2D eigenvalue weighted by molar-refractivity contribution is 5.70. The Morgan fingerprint density at radius 1 is 1.18 bits per heavy atom. The summed E-state index contributed by atoms with van der Waals surface area (Å²) in [5, 5.41) is 13.6. The Balaban J connectivity index is 1.35. The number of carbonyl (C=O) groups excluding carboxylic acids is 1. The second kappa shape index (κ2) is 10.3. The zero-order valence-electron chi connectivity index (χ0n) is 19.4. The van der Waals surface area contributed by atoms with E-state index in [0.717, 1.165) is 60.7 Å². The smallest absolute Gasteiger partial charge is 0.409 e. The van der Waals surface area contributed by atoms with Gasteiger partial charge in [-0.05, 0) is 55.7 Å². The number of hydrogen-bond donors (Lipinski definition) is 1. The summed E-state index contributed by atoms with van der Waals surface area (Å²) in [5.74, 6) is 0.436. The first-order chi connectivity index (χ1) is 15.9. The molecule has 1 N–H and O–H groups in total. The van der Waals surface area contributed by atoms with Crippen LogP contribution in [0.25, 0.3) is 11.1 Å². The molecule has 4 rings (SSSR count). The summed E-state index contributed by atoms with van der Waals surface area (Å²) in [5.41, 5.74) is 2.68. The van der Waals surface area contributed by atoms with Crippen LogP contribution in [0.3, 0.4) is 0 Å².